The Labute approximate surface area is 116 Å². The molecular weight excluding hydrogens is 252 g/mol. The number of hydrogen-bond donors (Lipinski definition) is 0. The van der Waals surface area contributed by atoms with Crippen LogP contribution in [0.15, 0.2) is 53.1 Å². The van der Waals surface area contributed by atoms with E-state index in [1.165, 1.54) is 5.56 Å². The molecule has 0 spiro atoms. The molecule has 0 aliphatic carbocycles. The van der Waals surface area contributed by atoms with Crippen LogP contribution >= 0.6 is 0 Å². The Morgan fingerprint density at radius 2 is 1.95 bits per heavy atom. The van der Waals surface area contributed by atoms with Crippen LogP contribution in [0.5, 0.6) is 5.75 Å². The summed E-state index contributed by atoms with van der Waals surface area (Å²) in [7, 11) is 0. The Balaban J connectivity index is 1.77. The lowest BCUT2D eigenvalue weighted by atomic mass is 10.2. The molecule has 0 bridgehead atoms. The summed E-state index contributed by atoms with van der Waals surface area (Å²) in [6.45, 7) is 2.26. The number of benzene rings is 2. The second-order valence-corrected chi connectivity index (χ2v) is 4.89. The van der Waals surface area contributed by atoms with Crippen LogP contribution in [0.3, 0.4) is 0 Å². The van der Waals surface area contributed by atoms with Crippen LogP contribution < -0.4 is 9.64 Å². The molecule has 0 unspecified atom stereocenters. The minimum atomic E-state index is 0.655. The monoisotopic (exact) mass is 266 g/mol. The quantitative estimate of drug-likeness (QED) is 0.714. The second-order valence-electron chi connectivity index (χ2n) is 4.89. The van der Waals surface area contributed by atoms with Gasteiger partial charge in [0.05, 0.1) is 6.54 Å². The van der Waals surface area contributed by atoms with E-state index in [4.69, 9.17) is 9.26 Å². The molecule has 1 aromatic heterocycles. The fourth-order valence-electron chi connectivity index (χ4n) is 2.61. The van der Waals surface area contributed by atoms with Gasteiger partial charge in [0, 0.05) is 6.54 Å². The van der Waals surface area contributed by atoms with Gasteiger partial charge < -0.3 is 14.2 Å². The molecule has 0 N–H and O–H groups in total. The van der Waals surface area contributed by atoms with E-state index < -0.39 is 0 Å². The van der Waals surface area contributed by atoms with Gasteiger partial charge in [0.15, 0.2) is 11.4 Å². The van der Waals surface area contributed by atoms with Gasteiger partial charge >= 0.3 is 0 Å². The van der Waals surface area contributed by atoms with Crippen LogP contribution in [0.25, 0.3) is 11.0 Å². The average molecular weight is 266 g/mol. The van der Waals surface area contributed by atoms with Gasteiger partial charge in [-0.1, -0.05) is 41.6 Å². The van der Waals surface area contributed by atoms with E-state index in [9.17, 15) is 0 Å². The fraction of sp³-hybridized carbons (Fsp3) is 0.188. The Morgan fingerprint density at radius 1 is 1.05 bits per heavy atom. The summed E-state index contributed by atoms with van der Waals surface area (Å²) in [5.74, 6) is 1.73. The minimum absolute atomic E-state index is 0.655. The third kappa shape index (κ3) is 1.81. The Bertz CT molecular complexity index is 737. The first-order valence-corrected chi connectivity index (χ1v) is 6.72. The Morgan fingerprint density at radius 3 is 2.85 bits per heavy atom. The van der Waals surface area contributed by atoms with Crippen molar-refractivity contribution >= 4 is 16.8 Å². The summed E-state index contributed by atoms with van der Waals surface area (Å²) in [5, 5.41) is 5.21. The average Bonchev–Trinajstić information content (AvgIpc) is 2.84. The largest absolute Gasteiger partial charge is 0.491 e. The minimum Gasteiger partial charge on any atom is -0.491 e. The molecule has 2 aromatic carbocycles. The molecule has 1 aliphatic rings. The van der Waals surface area contributed by atoms with E-state index in [1.807, 2.05) is 24.3 Å². The van der Waals surface area contributed by atoms with Crippen molar-refractivity contribution in [3.63, 3.8) is 0 Å². The molecule has 0 saturated carbocycles. The van der Waals surface area contributed by atoms with E-state index in [-0.39, 0.29) is 0 Å². The predicted molar refractivity (Wildman–Crippen MR) is 77.0 cm³/mol. The topological polar surface area (TPSA) is 38.5 Å². The smallest absolute Gasteiger partial charge is 0.184 e. The van der Waals surface area contributed by atoms with Crippen molar-refractivity contribution in [1.29, 1.82) is 0 Å². The lowest BCUT2D eigenvalue weighted by molar-refractivity contribution is 0.329. The van der Waals surface area contributed by atoms with Crippen LogP contribution in [0.2, 0.25) is 0 Å². The highest BCUT2D eigenvalue weighted by atomic mass is 16.5. The molecule has 4 rings (SSSR count). The molecule has 3 aromatic rings. The summed E-state index contributed by atoms with van der Waals surface area (Å²) in [6.07, 6.45) is 0. The van der Waals surface area contributed by atoms with Crippen molar-refractivity contribution in [2.24, 2.45) is 0 Å². The van der Waals surface area contributed by atoms with Gasteiger partial charge in [0.2, 0.25) is 0 Å². The van der Waals surface area contributed by atoms with Crippen LogP contribution in [-0.4, -0.2) is 18.3 Å². The molecule has 4 nitrogen and oxygen atoms in total. The molecule has 2 heterocycles. The number of anilines is 1. The summed E-state index contributed by atoms with van der Waals surface area (Å²) in [4.78, 5) is 2.21. The zero-order chi connectivity index (χ0) is 13.4. The predicted octanol–water partition coefficient (Wildman–Crippen LogP) is 3.23. The first-order valence-electron chi connectivity index (χ1n) is 6.72. The van der Waals surface area contributed by atoms with Crippen molar-refractivity contribution in [2.45, 2.75) is 6.54 Å². The first kappa shape index (κ1) is 11.3. The van der Waals surface area contributed by atoms with Crippen LogP contribution in [-0.2, 0) is 6.54 Å². The van der Waals surface area contributed by atoms with Crippen molar-refractivity contribution in [1.82, 2.24) is 5.16 Å². The molecule has 20 heavy (non-hydrogen) atoms. The van der Waals surface area contributed by atoms with Crippen LogP contribution in [0.4, 0.5) is 5.82 Å². The number of ether oxygens (including phenoxy) is 1. The molecule has 0 amide bonds. The zero-order valence-corrected chi connectivity index (χ0v) is 11.0. The highest BCUT2D eigenvalue weighted by Gasteiger charge is 2.22. The second kappa shape index (κ2) is 4.56. The van der Waals surface area contributed by atoms with E-state index in [0.29, 0.717) is 6.61 Å². The summed E-state index contributed by atoms with van der Waals surface area (Å²) in [6, 6.07) is 16.2. The molecule has 1 aliphatic heterocycles. The van der Waals surface area contributed by atoms with Crippen LogP contribution in [0, 0.1) is 0 Å². The van der Waals surface area contributed by atoms with Gasteiger partial charge in [-0.05, 0) is 17.7 Å². The first-order chi connectivity index (χ1) is 9.92. The molecule has 4 heteroatoms. The third-order valence-corrected chi connectivity index (χ3v) is 3.58. The summed E-state index contributed by atoms with van der Waals surface area (Å²) < 4.78 is 11.2. The van der Waals surface area contributed by atoms with Gasteiger partial charge in [-0.2, -0.15) is 0 Å². The maximum absolute atomic E-state index is 5.81. The number of nitrogens with zero attached hydrogens (tertiary/aromatic N) is 2. The number of rotatable bonds is 2. The zero-order valence-electron chi connectivity index (χ0n) is 11.0. The van der Waals surface area contributed by atoms with Crippen LogP contribution in [0.1, 0.15) is 5.56 Å². The lowest BCUT2D eigenvalue weighted by Crippen LogP contribution is -2.26. The standard InChI is InChI=1S/C16H14N2O2/c1-2-5-12(6-3-1)11-18-9-10-19-13-7-4-8-14-15(13)16(18)17-20-14/h1-8H,9-11H2. The molecule has 100 valence electrons. The van der Waals surface area contributed by atoms with E-state index in [0.717, 1.165) is 35.6 Å². The summed E-state index contributed by atoms with van der Waals surface area (Å²) >= 11 is 0. The van der Waals surface area contributed by atoms with E-state index in [1.54, 1.807) is 0 Å². The van der Waals surface area contributed by atoms with Gasteiger partial charge in [-0.3, -0.25) is 0 Å². The maximum atomic E-state index is 5.81. The van der Waals surface area contributed by atoms with E-state index in [2.05, 4.69) is 34.3 Å². The Hall–Kier alpha value is -2.49. The molecule has 0 radical (unpaired) electrons. The number of hydrogen-bond acceptors (Lipinski definition) is 4. The molecule has 0 fully saturated rings. The van der Waals surface area contributed by atoms with Gasteiger partial charge in [-0.25, -0.2) is 0 Å². The van der Waals surface area contributed by atoms with Gasteiger partial charge in [0.1, 0.15) is 17.7 Å². The SMILES string of the molecule is c1ccc(CN2CCOc3cccc4onc2c34)cc1. The molecule has 0 atom stereocenters. The van der Waals surface area contributed by atoms with Crippen molar-refractivity contribution < 1.29 is 9.26 Å². The lowest BCUT2D eigenvalue weighted by Gasteiger charge is -2.19. The summed E-state index contributed by atoms with van der Waals surface area (Å²) in [5.41, 5.74) is 2.03. The molecule has 0 saturated heterocycles. The highest BCUT2D eigenvalue weighted by Crippen LogP contribution is 2.36. The van der Waals surface area contributed by atoms with Gasteiger partial charge in [-0.15, -0.1) is 0 Å². The Kier molecular flexibility index (Phi) is 2.59. The maximum Gasteiger partial charge on any atom is 0.184 e. The van der Waals surface area contributed by atoms with E-state index >= 15 is 0 Å². The molecular formula is C16H14N2O2. The fourth-order valence-corrected chi connectivity index (χ4v) is 2.61. The third-order valence-electron chi connectivity index (χ3n) is 3.58. The van der Waals surface area contributed by atoms with Crippen molar-refractivity contribution in [3.8, 4) is 5.75 Å². The van der Waals surface area contributed by atoms with Gasteiger partial charge in [0.25, 0.3) is 0 Å². The number of aromatic nitrogens is 1. The normalized spacial score (nSPS) is 14.1. The highest BCUT2D eigenvalue weighted by molar-refractivity contribution is 5.94. The van der Waals surface area contributed by atoms with Crippen molar-refractivity contribution in [3.05, 3.63) is 54.1 Å². The van der Waals surface area contributed by atoms with Crippen molar-refractivity contribution in [2.75, 3.05) is 18.1 Å².